The summed E-state index contributed by atoms with van der Waals surface area (Å²) in [6.07, 6.45) is 2.16. The number of nitrogens with one attached hydrogen (secondary N) is 1. The molecule has 0 radical (unpaired) electrons. The molecule has 2 rings (SSSR count). The second-order valence-electron chi connectivity index (χ2n) is 5.05. The smallest absolute Gasteiger partial charge is 0.124 e. The van der Waals surface area contributed by atoms with Gasteiger partial charge in [-0.1, -0.05) is 32.0 Å². The first kappa shape index (κ1) is 14.4. The molecule has 1 N–H and O–H groups in total. The first-order chi connectivity index (χ1) is 9.36. The van der Waals surface area contributed by atoms with E-state index in [1.54, 1.807) is 0 Å². The highest BCUT2D eigenvalue weighted by molar-refractivity contribution is 5.36. The Kier molecular flexibility index (Phi) is 5.67. The SMILES string of the molecule is CCCOc1ccccc1C(NCC)C1CCOC1. The zero-order valence-electron chi connectivity index (χ0n) is 12.0. The van der Waals surface area contributed by atoms with Crippen molar-refractivity contribution in [2.75, 3.05) is 26.4 Å². The minimum atomic E-state index is 0.334. The van der Waals surface area contributed by atoms with Crippen LogP contribution in [-0.2, 0) is 4.74 Å². The lowest BCUT2D eigenvalue weighted by Gasteiger charge is -2.25. The fourth-order valence-electron chi connectivity index (χ4n) is 2.65. The molecule has 1 aliphatic rings. The fourth-order valence-corrected chi connectivity index (χ4v) is 2.65. The normalized spacial score (nSPS) is 20.4. The predicted molar refractivity (Wildman–Crippen MR) is 77.6 cm³/mol. The number of benzene rings is 1. The summed E-state index contributed by atoms with van der Waals surface area (Å²) in [7, 11) is 0. The summed E-state index contributed by atoms with van der Waals surface area (Å²) in [5.41, 5.74) is 1.27. The van der Waals surface area contributed by atoms with Gasteiger partial charge in [0.05, 0.1) is 13.2 Å². The van der Waals surface area contributed by atoms with Gasteiger partial charge in [-0.3, -0.25) is 0 Å². The van der Waals surface area contributed by atoms with Gasteiger partial charge < -0.3 is 14.8 Å². The Morgan fingerprint density at radius 2 is 2.21 bits per heavy atom. The first-order valence-corrected chi connectivity index (χ1v) is 7.39. The summed E-state index contributed by atoms with van der Waals surface area (Å²) in [5, 5.41) is 3.60. The van der Waals surface area contributed by atoms with Crippen molar-refractivity contribution in [2.24, 2.45) is 5.92 Å². The number of para-hydroxylation sites is 1. The molecular formula is C16H25NO2. The van der Waals surface area contributed by atoms with E-state index in [1.165, 1.54) is 5.56 Å². The Balaban J connectivity index is 2.19. The fraction of sp³-hybridized carbons (Fsp3) is 0.625. The van der Waals surface area contributed by atoms with Crippen LogP contribution in [0.2, 0.25) is 0 Å². The molecule has 3 heteroatoms. The Morgan fingerprint density at radius 1 is 1.37 bits per heavy atom. The summed E-state index contributed by atoms with van der Waals surface area (Å²) in [6, 6.07) is 8.72. The first-order valence-electron chi connectivity index (χ1n) is 7.39. The van der Waals surface area contributed by atoms with Crippen LogP contribution in [0.5, 0.6) is 5.75 Å². The predicted octanol–water partition coefficient (Wildman–Crippen LogP) is 3.16. The Morgan fingerprint density at radius 3 is 2.89 bits per heavy atom. The molecule has 1 saturated heterocycles. The summed E-state index contributed by atoms with van der Waals surface area (Å²) in [5.74, 6) is 1.56. The van der Waals surface area contributed by atoms with Crippen molar-refractivity contribution in [3.8, 4) is 5.75 Å². The third-order valence-corrected chi connectivity index (χ3v) is 3.58. The van der Waals surface area contributed by atoms with E-state index in [0.29, 0.717) is 12.0 Å². The highest BCUT2D eigenvalue weighted by Gasteiger charge is 2.28. The average Bonchev–Trinajstić information content (AvgIpc) is 2.97. The van der Waals surface area contributed by atoms with Crippen LogP contribution < -0.4 is 10.1 Å². The van der Waals surface area contributed by atoms with Gasteiger partial charge in [0, 0.05) is 24.1 Å². The third kappa shape index (κ3) is 3.71. The van der Waals surface area contributed by atoms with Crippen molar-refractivity contribution in [3.63, 3.8) is 0 Å². The average molecular weight is 263 g/mol. The lowest BCUT2D eigenvalue weighted by atomic mass is 9.91. The van der Waals surface area contributed by atoms with E-state index >= 15 is 0 Å². The van der Waals surface area contributed by atoms with Crippen LogP contribution in [0.15, 0.2) is 24.3 Å². The lowest BCUT2D eigenvalue weighted by molar-refractivity contribution is 0.176. The van der Waals surface area contributed by atoms with Crippen molar-refractivity contribution >= 4 is 0 Å². The highest BCUT2D eigenvalue weighted by Crippen LogP contribution is 2.34. The number of hydrogen-bond acceptors (Lipinski definition) is 3. The van der Waals surface area contributed by atoms with Crippen LogP contribution in [0.25, 0.3) is 0 Å². The summed E-state index contributed by atoms with van der Waals surface area (Å²) < 4.78 is 11.4. The maximum absolute atomic E-state index is 5.89. The van der Waals surface area contributed by atoms with Gasteiger partial charge in [-0.05, 0) is 25.5 Å². The molecule has 106 valence electrons. The monoisotopic (exact) mass is 263 g/mol. The van der Waals surface area contributed by atoms with Gasteiger partial charge in [0.25, 0.3) is 0 Å². The van der Waals surface area contributed by atoms with E-state index in [4.69, 9.17) is 9.47 Å². The number of ether oxygens (including phenoxy) is 2. The molecule has 0 spiro atoms. The van der Waals surface area contributed by atoms with Gasteiger partial charge in [-0.2, -0.15) is 0 Å². The summed E-state index contributed by atoms with van der Waals surface area (Å²) in [4.78, 5) is 0. The molecule has 2 atom stereocenters. The molecule has 1 aromatic carbocycles. The Bertz CT molecular complexity index is 375. The van der Waals surface area contributed by atoms with Gasteiger partial charge >= 0.3 is 0 Å². The van der Waals surface area contributed by atoms with Crippen molar-refractivity contribution in [1.82, 2.24) is 5.32 Å². The molecule has 0 aromatic heterocycles. The molecule has 3 nitrogen and oxygen atoms in total. The van der Waals surface area contributed by atoms with Crippen molar-refractivity contribution < 1.29 is 9.47 Å². The summed E-state index contributed by atoms with van der Waals surface area (Å²) in [6.45, 7) is 7.75. The van der Waals surface area contributed by atoms with Crippen LogP contribution in [0, 0.1) is 5.92 Å². The molecule has 0 saturated carbocycles. The number of hydrogen-bond donors (Lipinski definition) is 1. The maximum atomic E-state index is 5.89. The van der Waals surface area contributed by atoms with Crippen LogP contribution >= 0.6 is 0 Å². The van der Waals surface area contributed by atoms with E-state index in [2.05, 4.69) is 37.4 Å². The van der Waals surface area contributed by atoms with Gasteiger partial charge in [-0.25, -0.2) is 0 Å². The maximum Gasteiger partial charge on any atom is 0.124 e. The molecule has 0 amide bonds. The van der Waals surface area contributed by atoms with Crippen LogP contribution in [0.3, 0.4) is 0 Å². The zero-order chi connectivity index (χ0) is 13.5. The molecule has 1 fully saturated rings. The Labute approximate surface area is 116 Å². The van der Waals surface area contributed by atoms with Gasteiger partial charge in [0.2, 0.25) is 0 Å². The molecule has 1 aliphatic heterocycles. The highest BCUT2D eigenvalue weighted by atomic mass is 16.5. The summed E-state index contributed by atoms with van der Waals surface area (Å²) >= 11 is 0. The van der Waals surface area contributed by atoms with E-state index < -0.39 is 0 Å². The topological polar surface area (TPSA) is 30.5 Å². The van der Waals surface area contributed by atoms with Gasteiger partial charge in [0.15, 0.2) is 0 Å². The van der Waals surface area contributed by atoms with Crippen LogP contribution in [-0.4, -0.2) is 26.4 Å². The minimum absolute atomic E-state index is 0.334. The molecule has 2 unspecified atom stereocenters. The molecule has 1 heterocycles. The van der Waals surface area contributed by atoms with Crippen molar-refractivity contribution in [1.29, 1.82) is 0 Å². The van der Waals surface area contributed by atoms with Crippen LogP contribution in [0.4, 0.5) is 0 Å². The van der Waals surface area contributed by atoms with Crippen molar-refractivity contribution in [2.45, 2.75) is 32.7 Å². The van der Waals surface area contributed by atoms with E-state index in [9.17, 15) is 0 Å². The minimum Gasteiger partial charge on any atom is -0.493 e. The zero-order valence-corrected chi connectivity index (χ0v) is 12.0. The van der Waals surface area contributed by atoms with E-state index in [1.807, 2.05) is 6.07 Å². The standard InChI is InChI=1S/C16H25NO2/c1-3-10-19-15-8-6-5-7-14(15)16(17-4-2)13-9-11-18-12-13/h5-8,13,16-17H,3-4,9-12H2,1-2H3. The van der Waals surface area contributed by atoms with E-state index in [0.717, 1.165) is 45.0 Å². The van der Waals surface area contributed by atoms with Gasteiger partial charge in [-0.15, -0.1) is 0 Å². The quantitative estimate of drug-likeness (QED) is 0.819. The second-order valence-corrected chi connectivity index (χ2v) is 5.05. The second kappa shape index (κ2) is 7.51. The van der Waals surface area contributed by atoms with Crippen molar-refractivity contribution in [3.05, 3.63) is 29.8 Å². The number of rotatable bonds is 7. The molecule has 0 aliphatic carbocycles. The molecule has 19 heavy (non-hydrogen) atoms. The third-order valence-electron chi connectivity index (χ3n) is 3.58. The van der Waals surface area contributed by atoms with Gasteiger partial charge in [0.1, 0.15) is 5.75 Å². The molecule has 1 aromatic rings. The van der Waals surface area contributed by atoms with E-state index in [-0.39, 0.29) is 0 Å². The largest absolute Gasteiger partial charge is 0.493 e. The lowest BCUT2D eigenvalue weighted by Crippen LogP contribution is -2.29. The Hall–Kier alpha value is -1.06. The van der Waals surface area contributed by atoms with Crippen LogP contribution in [0.1, 0.15) is 38.3 Å². The molecular weight excluding hydrogens is 238 g/mol. The molecule has 0 bridgehead atoms.